The Morgan fingerprint density at radius 2 is 2.06 bits per heavy atom. The first kappa shape index (κ1) is 14.8. The van der Waals surface area contributed by atoms with E-state index < -0.39 is 5.41 Å². The van der Waals surface area contributed by atoms with E-state index in [1.54, 1.807) is 0 Å². The Kier molecular flexibility index (Phi) is 5.42. The van der Waals surface area contributed by atoms with E-state index in [9.17, 15) is 4.79 Å². The van der Waals surface area contributed by atoms with Gasteiger partial charge in [0.15, 0.2) is 0 Å². The molecule has 3 heteroatoms. The van der Waals surface area contributed by atoms with E-state index in [4.69, 9.17) is 16.3 Å². The summed E-state index contributed by atoms with van der Waals surface area (Å²) in [6, 6.07) is 7.61. The molecule has 0 aromatic heterocycles. The predicted octanol–water partition coefficient (Wildman–Crippen LogP) is 4.33. The van der Waals surface area contributed by atoms with Crippen LogP contribution in [0.2, 0.25) is 5.02 Å². The van der Waals surface area contributed by atoms with E-state index in [0.717, 1.165) is 5.56 Å². The van der Waals surface area contributed by atoms with Gasteiger partial charge < -0.3 is 4.74 Å². The maximum absolute atomic E-state index is 11.7. The van der Waals surface area contributed by atoms with Gasteiger partial charge in [0.05, 0.1) is 12.0 Å². The SMILES string of the molecule is CCOC(=O)C(C)(C)CC=Cc1ccccc1Cl. The van der Waals surface area contributed by atoms with Gasteiger partial charge in [0.1, 0.15) is 0 Å². The molecule has 0 aliphatic heterocycles. The third kappa shape index (κ3) is 4.19. The maximum atomic E-state index is 11.7. The van der Waals surface area contributed by atoms with Crippen LogP contribution >= 0.6 is 11.6 Å². The summed E-state index contributed by atoms with van der Waals surface area (Å²) >= 11 is 6.04. The Morgan fingerprint density at radius 3 is 2.67 bits per heavy atom. The number of halogens is 1. The second-order valence-corrected chi connectivity index (χ2v) is 5.14. The van der Waals surface area contributed by atoms with Crippen LogP contribution < -0.4 is 0 Å². The van der Waals surface area contributed by atoms with Crippen LogP contribution in [0.5, 0.6) is 0 Å². The first-order valence-electron chi connectivity index (χ1n) is 6.05. The quantitative estimate of drug-likeness (QED) is 0.742. The van der Waals surface area contributed by atoms with Gasteiger partial charge >= 0.3 is 5.97 Å². The minimum atomic E-state index is -0.506. The van der Waals surface area contributed by atoms with Crippen molar-refractivity contribution < 1.29 is 9.53 Å². The van der Waals surface area contributed by atoms with Gasteiger partial charge in [0, 0.05) is 5.02 Å². The number of carbonyl (C=O) groups excluding carboxylic acids is 1. The highest BCUT2D eigenvalue weighted by atomic mass is 35.5. The Hall–Kier alpha value is -1.28. The summed E-state index contributed by atoms with van der Waals surface area (Å²) in [4.78, 5) is 11.7. The monoisotopic (exact) mass is 266 g/mol. The third-order valence-electron chi connectivity index (χ3n) is 2.66. The lowest BCUT2D eigenvalue weighted by atomic mass is 9.89. The van der Waals surface area contributed by atoms with Gasteiger partial charge in [0.2, 0.25) is 0 Å². The number of allylic oxidation sites excluding steroid dienone is 1. The fraction of sp³-hybridized carbons (Fsp3) is 0.400. The van der Waals surface area contributed by atoms with Crippen molar-refractivity contribution in [3.63, 3.8) is 0 Å². The molecule has 0 saturated carbocycles. The third-order valence-corrected chi connectivity index (χ3v) is 3.00. The van der Waals surface area contributed by atoms with Crippen molar-refractivity contribution in [2.45, 2.75) is 27.2 Å². The highest BCUT2D eigenvalue weighted by molar-refractivity contribution is 6.32. The molecule has 0 aliphatic carbocycles. The summed E-state index contributed by atoms with van der Waals surface area (Å²) in [7, 11) is 0. The van der Waals surface area contributed by atoms with Crippen molar-refractivity contribution in [3.8, 4) is 0 Å². The molecule has 0 aliphatic rings. The molecule has 2 nitrogen and oxygen atoms in total. The van der Waals surface area contributed by atoms with Gasteiger partial charge in [-0.15, -0.1) is 0 Å². The molecular formula is C15H19ClO2. The van der Waals surface area contributed by atoms with E-state index in [2.05, 4.69) is 0 Å². The molecule has 0 atom stereocenters. The van der Waals surface area contributed by atoms with Crippen molar-refractivity contribution in [2.24, 2.45) is 5.41 Å². The van der Waals surface area contributed by atoms with Crippen LogP contribution in [0.15, 0.2) is 30.3 Å². The Bertz CT molecular complexity index is 436. The van der Waals surface area contributed by atoms with Gasteiger partial charge in [-0.1, -0.05) is 42.0 Å². The zero-order valence-electron chi connectivity index (χ0n) is 11.1. The van der Waals surface area contributed by atoms with E-state index in [-0.39, 0.29) is 5.97 Å². The number of esters is 1. The Labute approximate surface area is 114 Å². The molecule has 0 fully saturated rings. The highest BCUT2D eigenvalue weighted by Gasteiger charge is 2.27. The van der Waals surface area contributed by atoms with Crippen LogP contribution in [0.1, 0.15) is 32.8 Å². The molecular weight excluding hydrogens is 248 g/mol. The normalized spacial score (nSPS) is 11.8. The van der Waals surface area contributed by atoms with Gasteiger partial charge in [0.25, 0.3) is 0 Å². The van der Waals surface area contributed by atoms with Crippen molar-refractivity contribution in [2.75, 3.05) is 6.61 Å². The molecule has 0 spiro atoms. The van der Waals surface area contributed by atoms with Gasteiger partial charge in [-0.25, -0.2) is 0 Å². The summed E-state index contributed by atoms with van der Waals surface area (Å²) in [6.45, 7) is 5.98. The van der Waals surface area contributed by atoms with Crippen LogP contribution in [0.3, 0.4) is 0 Å². The summed E-state index contributed by atoms with van der Waals surface area (Å²) in [6.07, 6.45) is 4.51. The van der Waals surface area contributed by atoms with Gasteiger partial charge in [-0.2, -0.15) is 0 Å². The fourth-order valence-electron chi connectivity index (χ4n) is 1.50. The smallest absolute Gasteiger partial charge is 0.311 e. The number of hydrogen-bond acceptors (Lipinski definition) is 2. The molecule has 1 aromatic rings. The lowest BCUT2D eigenvalue weighted by molar-refractivity contribution is -0.153. The lowest BCUT2D eigenvalue weighted by Crippen LogP contribution is -2.25. The van der Waals surface area contributed by atoms with Crippen LogP contribution in [0, 0.1) is 5.41 Å². The van der Waals surface area contributed by atoms with E-state index in [0.29, 0.717) is 18.1 Å². The van der Waals surface area contributed by atoms with Crippen LogP contribution in [0.25, 0.3) is 6.08 Å². The Morgan fingerprint density at radius 1 is 1.39 bits per heavy atom. The number of ether oxygens (including phenoxy) is 1. The van der Waals surface area contributed by atoms with Gasteiger partial charge in [-0.05, 0) is 38.8 Å². The van der Waals surface area contributed by atoms with Crippen molar-refractivity contribution in [3.05, 3.63) is 40.9 Å². The second-order valence-electron chi connectivity index (χ2n) is 4.73. The predicted molar refractivity (Wildman–Crippen MR) is 75.5 cm³/mol. The topological polar surface area (TPSA) is 26.3 Å². The molecule has 0 unspecified atom stereocenters. The summed E-state index contributed by atoms with van der Waals surface area (Å²) in [5.74, 6) is -0.172. The van der Waals surface area contributed by atoms with Crippen LogP contribution in [-0.2, 0) is 9.53 Å². The Balaban J connectivity index is 2.65. The van der Waals surface area contributed by atoms with Crippen molar-refractivity contribution in [1.29, 1.82) is 0 Å². The van der Waals surface area contributed by atoms with Crippen molar-refractivity contribution in [1.82, 2.24) is 0 Å². The fourth-order valence-corrected chi connectivity index (χ4v) is 1.70. The standard InChI is InChI=1S/C15H19ClO2/c1-4-18-14(17)15(2,3)11-7-9-12-8-5-6-10-13(12)16/h5-10H,4,11H2,1-3H3. The van der Waals surface area contributed by atoms with E-state index >= 15 is 0 Å². The van der Waals surface area contributed by atoms with E-state index in [1.165, 1.54) is 0 Å². The molecule has 0 saturated heterocycles. The molecule has 0 heterocycles. The zero-order chi connectivity index (χ0) is 13.6. The number of hydrogen-bond donors (Lipinski definition) is 0. The molecule has 0 N–H and O–H groups in total. The maximum Gasteiger partial charge on any atom is 0.311 e. The minimum absolute atomic E-state index is 0.172. The minimum Gasteiger partial charge on any atom is -0.466 e. The molecule has 98 valence electrons. The summed E-state index contributed by atoms with van der Waals surface area (Å²) in [5, 5.41) is 0.711. The molecule has 18 heavy (non-hydrogen) atoms. The molecule has 0 bridgehead atoms. The average molecular weight is 267 g/mol. The number of carbonyl (C=O) groups is 1. The van der Waals surface area contributed by atoms with Crippen molar-refractivity contribution >= 4 is 23.6 Å². The first-order valence-corrected chi connectivity index (χ1v) is 6.43. The summed E-state index contributed by atoms with van der Waals surface area (Å²) in [5.41, 5.74) is 0.451. The first-order chi connectivity index (χ1) is 8.47. The number of benzene rings is 1. The van der Waals surface area contributed by atoms with Crippen LogP contribution in [-0.4, -0.2) is 12.6 Å². The van der Waals surface area contributed by atoms with Crippen LogP contribution in [0.4, 0.5) is 0 Å². The van der Waals surface area contributed by atoms with E-state index in [1.807, 2.05) is 57.2 Å². The molecule has 1 rings (SSSR count). The second kappa shape index (κ2) is 6.60. The average Bonchev–Trinajstić information content (AvgIpc) is 2.32. The molecule has 1 aromatic carbocycles. The zero-order valence-corrected chi connectivity index (χ0v) is 11.8. The molecule has 0 radical (unpaired) electrons. The molecule has 0 amide bonds. The lowest BCUT2D eigenvalue weighted by Gasteiger charge is -2.20. The largest absolute Gasteiger partial charge is 0.466 e. The summed E-state index contributed by atoms with van der Waals surface area (Å²) < 4.78 is 5.03. The number of rotatable bonds is 5. The highest BCUT2D eigenvalue weighted by Crippen LogP contribution is 2.24. The van der Waals surface area contributed by atoms with Gasteiger partial charge in [-0.3, -0.25) is 4.79 Å².